The van der Waals surface area contributed by atoms with Crippen molar-refractivity contribution in [2.75, 3.05) is 44.0 Å². The average Bonchev–Trinajstić information content (AvgIpc) is 2.76. The Balaban J connectivity index is 1.70. The van der Waals surface area contributed by atoms with Crippen molar-refractivity contribution in [3.63, 3.8) is 0 Å². The van der Waals surface area contributed by atoms with Crippen molar-refractivity contribution in [1.29, 1.82) is 0 Å². The van der Waals surface area contributed by atoms with Gasteiger partial charge >= 0.3 is 0 Å². The molecule has 10 heteroatoms. The number of carbonyl (C=O) groups excluding carboxylic acids is 1. The topological polar surface area (TPSA) is 97.8 Å². The van der Waals surface area contributed by atoms with Crippen molar-refractivity contribution in [3.8, 4) is 5.75 Å². The predicted octanol–water partition coefficient (Wildman–Crippen LogP) is 2.37. The summed E-state index contributed by atoms with van der Waals surface area (Å²) in [5.41, 5.74) is 1.38. The van der Waals surface area contributed by atoms with E-state index in [4.69, 9.17) is 9.47 Å². The number of thioether (sulfide) groups is 1. The number of ether oxygens (including phenoxy) is 2. The quantitative estimate of drug-likeness (QED) is 0.625. The van der Waals surface area contributed by atoms with Crippen molar-refractivity contribution in [2.24, 2.45) is 0 Å². The van der Waals surface area contributed by atoms with E-state index in [1.54, 1.807) is 18.5 Å². The van der Waals surface area contributed by atoms with Crippen LogP contribution in [0.1, 0.15) is 12.5 Å². The van der Waals surface area contributed by atoms with E-state index in [-0.39, 0.29) is 16.6 Å². The molecular weight excluding hydrogens is 426 g/mol. The zero-order chi connectivity index (χ0) is 21.4. The second kappa shape index (κ2) is 10.8. The highest BCUT2D eigenvalue weighted by molar-refractivity contribution is 7.99. The fourth-order valence-corrected chi connectivity index (χ4v) is 5.12. The molecule has 0 atom stereocenters. The first-order chi connectivity index (χ1) is 14.5. The van der Waals surface area contributed by atoms with Gasteiger partial charge in [-0.1, -0.05) is 6.07 Å². The molecule has 0 radical (unpaired) electrons. The summed E-state index contributed by atoms with van der Waals surface area (Å²) in [7, 11) is -3.67. The lowest BCUT2D eigenvalue weighted by atomic mass is 10.3. The Morgan fingerprint density at radius 1 is 1.30 bits per heavy atom. The Morgan fingerprint density at radius 2 is 2.10 bits per heavy atom. The molecule has 0 aliphatic carbocycles. The lowest BCUT2D eigenvalue weighted by Gasteiger charge is -2.26. The number of benzene rings is 1. The Kier molecular flexibility index (Phi) is 8.08. The van der Waals surface area contributed by atoms with Crippen molar-refractivity contribution in [2.45, 2.75) is 17.6 Å². The highest BCUT2D eigenvalue weighted by atomic mass is 32.2. The van der Waals surface area contributed by atoms with E-state index >= 15 is 0 Å². The maximum Gasteiger partial charge on any atom is 0.243 e. The fraction of sp³-hybridized carbons (Fsp3) is 0.400. The van der Waals surface area contributed by atoms with E-state index in [0.717, 1.165) is 5.56 Å². The van der Waals surface area contributed by atoms with Gasteiger partial charge in [0.2, 0.25) is 15.9 Å². The predicted molar refractivity (Wildman–Crippen MR) is 116 cm³/mol. The van der Waals surface area contributed by atoms with Gasteiger partial charge in [-0.2, -0.15) is 4.31 Å². The summed E-state index contributed by atoms with van der Waals surface area (Å²) in [4.78, 5) is 16.6. The summed E-state index contributed by atoms with van der Waals surface area (Å²) in [5.74, 6) is 1.08. The average molecular weight is 452 g/mol. The minimum atomic E-state index is -3.67. The Labute approximate surface area is 181 Å². The van der Waals surface area contributed by atoms with Crippen LogP contribution in [-0.2, 0) is 25.3 Å². The molecule has 0 saturated carbocycles. The smallest absolute Gasteiger partial charge is 0.243 e. The minimum absolute atomic E-state index is 0.117. The minimum Gasteiger partial charge on any atom is -0.492 e. The van der Waals surface area contributed by atoms with Gasteiger partial charge in [0.25, 0.3) is 0 Å². The summed E-state index contributed by atoms with van der Waals surface area (Å²) >= 11 is 1.45. The lowest BCUT2D eigenvalue weighted by Crippen LogP contribution is -2.40. The number of morpholine rings is 1. The van der Waals surface area contributed by atoms with E-state index in [0.29, 0.717) is 50.1 Å². The maximum absolute atomic E-state index is 12.9. The summed E-state index contributed by atoms with van der Waals surface area (Å²) < 4.78 is 38.1. The van der Waals surface area contributed by atoms with Crippen LogP contribution in [0.5, 0.6) is 5.75 Å². The molecule has 1 amide bonds. The van der Waals surface area contributed by atoms with Gasteiger partial charge in [-0.15, -0.1) is 11.8 Å². The molecule has 1 aliphatic heterocycles. The normalized spacial score (nSPS) is 15.0. The zero-order valence-electron chi connectivity index (χ0n) is 16.7. The van der Waals surface area contributed by atoms with Crippen molar-refractivity contribution >= 4 is 33.4 Å². The second-order valence-corrected chi connectivity index (χ2v) is 9.43. The van der Waals surface area contributed by atoms with Crippen LogP contribution >= 0.6 is 11.8 Å². The van der Waals surface area contributed by atoms with Crippen molar-refractivity contribution in [1.82, 2.24) is 9.29 Å². The van der Waals surface area contributed by atoms with Gasteiger partial charge < -0.3 is 14.8 Å². The number of sulfonamides is 1. The number of rotatable bonds is 9. The Bertz CT molecular complexity index is 948. The molecule has 1 fully saturated rings. The van der Waals surface area contributed by atoms with E-state index < -0.39 is 10.0 Å². The van der Waals surface area contributed by atoms with Crippen LogP contribution < -0.4 is 10.1 Å². The van der Waals surface area contributed by atoms with Crippen LogP contribution in [0.4, 0.5) is 5.69 Å². The first-order valence-corrected chi connectivity index (χ1v) is 12.2. The number of hydrogen-bond acceptors (Lipinski definition) is 7. The Hall–Kier alpha value is -2.14. The number of carbonyl (C=O) groups is 1. The SMILES string of the molecule is CCOc1ccc(S(=O)(=O)N2CCOCC2)cc1NC(=O)CSCc1cccnc1. The second-order valence-electron chi connectivity index (χ2n) is 6.51. The molecule has 1 aromatic carbocycles. The molecule has 1 saturated heterocycles. The van der Waals surface area contributed by atoms with Gasteiger partial charge in [-0.25, -0.2) is 8.42 Å². The number of nitrogens with zero attached hydrogens (tertiary/aromatic N) is 2. The number of hydrogen-bond donors (Lipinski definition) is 1. The molecule has 0 spiro atoms. The number of nitrogens with one attached hydrogen (secondary N) is 1. The molecule has 1 N–H and O–H groups in total. The summed E-state index contributed by atoms with van der Waals surface area (Å²) in [6.45, 7) is 3.58. The number of pyridine rings is 1. The third-order valence-electron chi connectivity index (χ3n) is 4.36. The van der Waals surface area contributed by atoms with Crippen LogP contribution in [-0.4, -0.2) is 62.3 Å². The fourth-order valence-electron chi connectivity index (χ4n) is 2.92. The highest BCUT2D eigenvalue weighted by Gasteiger charge is 2.27. The van der Waals surface area contributed by atoms with Crippen LogP contribution in [0.15, 0.2) is 47.6 Å². The molecule has 162 valence electrons. The standard InChI is InChI=1S/C20H25N3O5S2/c1-2-28-19-6-5-17(30(25,26)23-8-10-27-11-9-23)12-18(19)22-20(24)15-29-14-16-4-3-7-21-13-16/h3-7,12-13H,2,8-11,14-15H2,1H3,(H,22,24). The third-order valence-corrected chi connectivity index (χ3v) is 7.26. The van der Waals surface area contributed by atoms with Crippen molar-refractivity contribution < 1.29 is 22.7 Å². The third kappa shape index (κ3) is 5.94. The molecule has 2 aromatic rings. The molecule has 2 heterocycles. The molecule has 0 bridgehead atoms. The summed E-state index contributed by atoms with van der Waals surface area (Å²) in [6.07, 6.45) is 3.46. The molecule has 3 rings (SSSR count). The zero-order valence-corrected chi connectivity index (χ0v) is 18.4. The monoisotopic (exact) mass is 451 g/mol. The van der Waals surface area contributed by atoms with Crippen molar-refractivity contribution in [3.05, 3.63) is 48.3 Å². The summed E-state index contributed by atoms with van der Waals surface area (Å²) in [6, 6.07) is 8.34. The van der Waals surface area contributed by atoms with E-state index in [9.17, 15) is 13.2 Å². The molecule has 0 unspecified atom stereocenters. The molecular formula is C20H25N3O5S2. The largest absolute Gasteiger partial charge is 0.492 e. The Morgan fingerprint density at radius 3 is 2.80 bits per heavy atom. The van der Waals surface area contributed by atoms with E-state index in [1.807, 2.05) is 19.1 Å². The molecule has 1 aliphatic rings. The molecule has 8 nitrogen and oxygen atoms in total. The van der Waals surface area contributed by atoms with E-state index in [1.165, 1.54) is 28.2 Å². The first kappa shape index (κ1) is 22.5. The lowest BCUT2D eigenvalue weighted by molar-refractivity contribution is -0.113. The van der Waals surface area contributed by atoms with Gasteiger partial charge in [0.1, 0.15) is 5.75 Å². The van der Waals surface area contributed by atoms with Gasteiger partial charge in [-0.3, -0.25) is 9.78 Å². The van der Waals surface area contributed by atoms with Crippen LogP contribution in [0.2, 0.25) is 0 Å². The van der Waals surface area contributed by atoms with Gasteiger partial charge in [-0.05, 0) is 36.8 Å². The van der Waals surface area contributed by atoms with Crippen LogP contribution in [0, 0.1) is 0 Å². The molecule has 30 heavy (non-hydrogen) atoms. The van der Waals surface area contributed by atoms with Gasteiger partial charge in [0.15, 0.2) is 0 Å². The van der Waals surface area contributed by atoms with Crippen LogP contribution in [0.3, 0.4) is 0 Å². The maximum atomic E-state index is 12.9. The van der Waals surface area contributed by atoms with Gasteiger partial charge in [0.05, 0.1) is 36.2 Å². The first-order valence-electron chi connectivity index (χ1n) is 9.62. The van der Waals surface area contributed by atoms with Crippen LogP contribution in [0.25, 0.3) is 0 Å². The molecule has 1 aromatic heterocycles. The number of anilines is 1. The number of aromatic nitrogens is 1. The highest BCUT2D eigenvalue weighted by Crippen LogP contribution is 2.30. The van der Waals surface area contributed by atoms with E-state index in [2.05, 4.69) is 10.3 Å². The summed E-state index contributed by atoms with van der Waals surface area (Å²) in [5, 5.41) is 2.79. The van der Waals surface area contributed by atoms with Gasteiger partial charge in [0, 0.05) is 31.2 Å². The number of amides is 1.